The van der Waals surface area contributed by atoms with Crippen LogP contribution in [0.4, 0.5) is 5.82 Å². The summed E-state index contributed by atoms with van der Waals surface area (Å²) in [5.74, 6) is 0.0325. The van der Waals surface area contributed by atoms with Crippen molar-refractivity contribution in [2.45, 2.75) is 49.1 Å². The highest BCUT2D eigenvalue weighted by molar-refractivity contribution is 7.47. The number of rotatable bonds is 2. The molecule has 4 aromatic rings. The summed E-state index contributed by atoms with van der Waals surface area (Å²) in [5.41, 5.74) is 6.90. The van der Waals surface area contributed by atoms with Gasteiger partial charge in [0, 0.05) is 0 Å². The van der Waals surface area contributed by atoms with E-state index in [0.29, 0.717) is 11.0 Å². The maximum atomic E-state index is 13.2. The van der Waals surface area contributed by atoms with Crippen LogP contribution in [-0.2, 0) is 36.7 Å². The number of phosphoric acid groups is 2. The molecule has 6 N–H and O–H groups in total. The lowest BCUT2D eigenvalue weighted by atomic mass is 10.1. The minimum Gasteiger partial charge on any atom is -0.387 e. The Hall–Kier alpha value is -2.32. The molecule has 1 aromatic carbocycles. The first-order valence-corrected chi connectivity index (χ1v) is 16.8. The van der Waals surface area contributed by atoms with E-state index in [2.05, 4.69) is 19.9 Å². The van der Waals surface area contributed by atoms with Crippen LogP contribution in [0.15, 0.2) is 31.1 Å². The van der Waals surface area contributed by atoms with E-state index in [-0.39, 0.29) is 27.0 Å². The standard InChI is InChI=1S/C22H23Cl2N7O12P2/c23-8-1-10-11(2-9(8)24)30(6-28-10)21-17-15(32)12(40-21)3-38-45(36,37)43-18-16(33)13(4-39-44(34,35)42-17)41-22(18)31-7-29-14-19(25)26-5-27-20(14)31/h1-2,5-7,12-13,15-18,21-22,32-33H,3-4H2,(H,34,35)(H,36,37)(H2,25,26,27)/t12-,13-,15+,16?,17?,18+,21-,22-/m1/s1. The van der Waals surface area contributed by atoms with Gasteiger partial charge < -0.3 is 39.8 Å². The number of nitrogen functional groups attached to an aromatic ring is 1. The Morgan fingerprint density at radius 3 is 2.00 bits per heavy atom. The Morgan fingerprint density at radius 1 is 0.822 bits per heavy atom. The monoisotopic (exact) mass is 709 g/mol. The van der Waals surface area contributed by atoms with Crippen molar-refractivity contribution in [2.75, 3.05) is 18.9 Å². The van der Waals surface area contributed by atoms with Crippen LogP contribution in [0, 0.1) is 0 Å². The molecule has 10 atom stereocenters. The molecule has 7 rings (SSSR count). The van der Waals surface area contributed by atoms with Crippen LogP contribution < -0.4 is 5.73 Å². The second-order valence-corrected chi connectivity index (χ2v) is 13.9. The molecule has 3 aliphatic rings. The van der Waals surface area contributed by atoms with Crippen LogP contribution in [0.5, 0.6) is 0 Å². The topological polar surface area (TPSA) is 258 Å². The normalized spacial score (nSPS) is 37.7. The van der Waals surface area contributed by atoms with Crippen LogP contribution in [0.2, 0.25) is 10.0 Å². The number of anilines is 1. The molecule has 3 saturated heterocycles. The van der Waals surface area contributed by atoms with E-state index in [1.54, 1.807) is 0 Å². The first-order valence-electron chi connectivity index (χ1n) is 13.0. The number of nitrogens with two attached hydrogens (primary N) is 1. The largest absolute Gasteiger partial charge is 0.472 e. The minimum absolute atomic E-state index is 0.0325. The molecule has 4 unspecified atom stereocenters. The summed E-state index contributed by atoms with van der Waals surface area (Å²) in [6, 6.07) is 2.94. The Morgan fingerprint density at radius 2 is 1.38 bits per heavy atom. The number of aliphatic hydroxyl groups is 2. The number of nitrogens with zero attached hydrogens (tertiary/aromatic N) is 6. The van der Waals surface area contributed by atoms with Gasteiger partial charge in [0.2, 0.25) is 0 Å². The lowest BCUT2D eigenvalue weighted by molar-refractivity contribution is -0.0674. The number of phosphoric ester groups is 2. The molecule has 0 saturated carbocycles. The molecule has 3 aliphatic heterocycles. The molecule has 19 nitrogen and oxygen atoms in total. The van der Waals surface area contributed by atoms with Gasteiger partial charge in [0.15, 0.2) is 23.9 Å². The molecular weight excluding hydrogens is 687 g/mol. The van der Waals surface area contributed by atoms with Crippen molar-refractivity contribution in [2.24, 2.45) is 0 Å². The van der Waals surface area contributed by atoms with Crippen molar-refractivity contribution in [3.63, 3.8) is 0 Å². The van der Waals surface area contributed by atoms with E-state index in [9.17, 15) is 29.1 Å². The number of benzene rings is 1. The van der Waals surface area contributed by atoms with E-state index in [4.69, 9.17) is 56.5 Å². The summed E-state index contributed by atoms with van der Waals surface area (Å²) in [6.45, 7) is -1.54. The highest BCUT2D eigenvalue weighted by atomic mass is 35.5. The molecule has 0 amide bonds. The lowest BCUT2D eigenvalue weighted by Gasteiger charge is -2.26. The third kappa shape index (κ3) is 5.66. The van der Waals surface area contributed by atoms with Gasteiger partial charge in [-0.3, -0.25) is 22.7 Å². The number of halogens is 2. The van der Waals surface area contributed by atoms with Gasteiger partial charge in [0.05, 0.1) is 46.9 Å². The summed E-state index contributed by atoms with van der Waals surface area (Å²) in [6.07, 6.45) is -8.50. The molecule has 4 bridgehead atoms. The highest BCUT2D eigenvalue weighted by Gasteiger charge is 2.53. The van der Waals surface area contributed by atoms with Crippen LogP contribution >= 0.6 is 38.8 Å². The van der Waals surface area contributed by atoms with Crippen LogP contribution in [0.3, 0.4) is 0 Å². The predicted molar refractivity (Wildman–Crippen MR) is 151 cm³/mol. The molecule has 0 spiro atoms. The van der Waals surface area contributed by atoms with Gasteiger partial charge in [-0.1, -0.05) is 23.2 Å². The van der Waals surface area contributed by atoms with Gasteiger partial charge in [0.25, 0.3) is 0 Å². The average molecular weight is 710 g/mol. The Bertz CT molecular complexity index is 1880. The van der Waals surface area contributed by atoms with Crippen molar-refractivity contribution in [3.05, 3.63) is 41.2 Å². The minimum atomic E-state index is -5.03. The average Bonchev–Trinajstić information content (AvgIpc) is 3.73. The molecule has 0 aliphatic carbocycles. The van der Waals surface area contributed by atoms with E-state index >= 15 is 0 Å². The first kappa shape index (κ1) is 31.3. The third-order valence-corrected chi connectivity index (χ3v) is 10.2. The second-order valence-electron chi connectivity index (χ2n) is 10.3. The fraction of sp³-hybridized carbons (Fsp3) is 0.455. The van der Waals surface area contributed by atoms with Crippen molar-refractivity contribution in [3.8, 4) is 0 Å². The highest BCUT2D eigenvalue weighted by Crippen LogP contribution is 2.54. The summed E-state index contributed by atoms with van der Waals surface area (Å²) in [7, 11) is -10.1. The van der Waals surface area contributed by atoms with E-state index < -0.39 is 77.9 Å². The second kappa shape index (κ2) is 11.4. The molecule has 3 fully saturated rings. The number of aliphatic hydroxyl groups excluding tert-OH is 2. The van der Waals surface area contributed by atoms with Gasteiger partial charge in [-0.05, 0) is 12.1 Å². The molecule has 23 heteroatoms. The Kier molecular flexibility index (Phi) is 7.95. The molecule has 6 heterocycles. The number of hydrogen-bond acceptors (Lipinski definition) is 15. The fourth-order valence-electron chi connectivity index (χ4n) is 5.37. The molecule has 45 heavy (non-hydrogen) atoms. The summed E-state index contributed by atoms with van der Waals surface area (Å²) >= 11 is 12.3. The van der Waals surface area contributed by atoms with Gasteiger partial charge in [-0.15, -0.1) is 0 Å². The number of hydrogen-bond donors (Lipinski definition) is 5. The number of ether oxygens (including phenoxy) is 2. The van der Waals surface area contributed by atoms with Gasteiger partial charge in [0.1, 0.15) is 48.5 Å². The zero-order valence-electron chi connectivity index (χ0n) is 22.4. The zero-order chi connectivity index (χ0) is 31.8. The fourth-order valence-corrected chi connectivity index (χ4v) is 7.55. The van der Waals surface area contributed by atoms with Crippen LogP contribution in [0.25, 0.3) is 22.2 Å². The van der Waals surface area contributed by atoms with E-state index in [1.807, 2.05) is 0 Å². The molecular formula is C22H23Cl2N7O12P2. The summed E-state index contributed by atoms with van der Waals surface area (Å²) in [4.78, 5) is 37.7. The zero-order valence-corrected chi connectivity index (χ0v) is 25.7. The van der Waals surface area contributed by atoms with Crippen LogP contribution in [-0.4, -0.2) is 98.9 Å². The van der Waals surface area contributed by atoms with Crippen molar-refractivity contribution < 1.29 is 56.7 Å². The van der Waals surface area contributed by atoms with Crippen LogP contribution in [0.1, 0.15) is 12.5 Å². The third-order valence-electron chi connectivity index (χ3n) is 7.49. The molecule has 3 aromatic heterocycles. The quantitative estimate of drug-likeness (QED) is 0.184. The van der Waals surface area contributed by atoms with Gasteiger partial charge in [-0.2, -0.15) is 0 Å². The number of fused-ring (bicyclic) bond motifs is 6. The van der Waals surface area contributed by atoms with Crippen molar-refractivity contribution in [1.29, 1.82) is 0 Å². The van der Waals surface area contributed by atoms with Gasteiger partial charge >= 0.3 is 15.6 Å². The van der Waals surface area contributed by atoms with Crippen molar-refractivity contribution in [1.82, 2.24) is 29.1 Å². The smallest absolute Gasteiger partial charge is 0.387 e. The Balaban J connectivity index is 1.22. The molecule has 242 valence electrons. The lowest BCUT2D eigenvalue weighted by Crippen LogP contribution is -2.38. The van der Waals surface area contributed by atoms with E-state index in [1.165, 1.54) is 33.9 Å². The first-order chi connectivity index (χ1) is 21.3. The van der Waals surface area contributed by atoms with E-state index in [0.717, 1.165) is 6.33 Å². The maximum absolute atomic E-state index is 13.2. The molecule has 0 radical (unpaired) electrons. The predicted octanol–water partition coefficient (Wildman–Crippen LogP) is 1.30. The number of aromatic nitrogens is 6. The van der Waals surface area contributed by atoms with Gasteiger partial charge in [-0.25, -0.2) is 29.1 Å². The Labute approximate surface area is 261 Å². The van der Waals surface area contributed by atoms with Crippen molar-refractivity contribution >= 4 is 66.9 Å². The summed E-state index contributed by atoms with van der Waals surface area (Å²) in [5, 5.41) is 22.6. The maximum Gasteiger partial charge on any atom is 0.472 e. The SMILES string of the molecule is Nc1ncnc2c1ncn2[C@@H]1O[C@@H]2COP(=O)(O)OC3[C@@H](O)[C@@H](COP(=O)(O)O[C@H]1C2O)O[C@H]3n1cnc2cc(Cl)c(Cl)cc21. The number of imidazole rings is 2. The summed E-state index contributed by atoms with van der Waals surface area (Å²) < 4.78 is 61.9.